The molecule has 1 saturated heterocycles. The number of alkyl halides is 1. The Morgan fingerprint density at radius 2 is 2.00 bits per heavy atom. The Kier molecular flexibility index (Phi) is 4.19. The summed E-state index contributed by atoms with van der Waals surface area (Å²) in [7, 11) is 0. The van der Waals surface area contributed by atoms with Gasteiger partial charge in [-0.05, 0) is 38.7 Å². The molecule has 2 rings (SSSR count). The summed E-state index contributed by atoms with van der Waals surface area (Å²) in [5.74, 6) is 1.14. The number of hydrogen-bond acceptors (Lipinski definition) is 1. The summed E-state index contributed by atoms with van der Waals surface area (Å²) in [6.07, 6.45) is 0.877. The lowest BCUT2D eigenvalue weighted by Crippen LogP contribution is -2.40. The molecule has 1 aromatic carbocycles. The van der Waals surface area contributed by atoms with Gasteiger partial charge in [-0.25, -0.2) is 0 Å². The number of amides is 1. The maximum atomic E-state index is 12.8. The summed E-state index contributed by atoms with van der Waals surface area (Å²) in [5, 5.41) is 0. The Hall–Kier alpha value is -1.02. The van der Waals surface area contributed by atoms with Gasteiger partial charge < -0.3 is 4.90 Å². The number of nitrogens with zero attached hydrogens (tertiary/aromatic N) is 1. The maximum absolute atomic E-state index is 12.8. The van der Waals surface area contributed by atoms with Crippen LogP contribution < -0.4 is 0 Å². The fourth-order valence-electron chi connectivity index (χ4n) is 3.08. The number of carbonyl (C=O) groups excluding carboxylic acids is 1. The zero-order chi connectivity index (χ0) is 14.0. The predicted octanol–water partition coefficient (Wildman–Crippen LogP) is 3.44. The Labute approximate surface area is 120 Å². The second kappa shape index (κ2) is 5.54. The lowest BCUT2D eigenvalue weighted by atomic mass is 9.72. The van der Waals surface area contributed by atoms with Crippen LogP contribution in [0.3, 0.4) is 0 Å². The van der Waals surface area contributed by atoms with Crippen molar-refractivity contribution in [3.8, 4) is 0 Å². The van der Waals surface area contributed by atoms with Crippen LogP contribution >= 0.6 is 11.6 Å². The fourth-order valence-corrected chi connectivity index (χ4v) is 3.34. The van der Waals surface area contributed by atoms with Crippen LogP contribution in [0.5, 0.6) is 0 Å². The number of hydrogen-bond donors (Lipinski definition) is 0. The third-order valence-corrected chi connectivity index (χ3v) is 4.61. The van der Waals surface area contributed by atoms with Gasteiger partial charge in [0.05, 0.1) is 5.41 Å². The van der Waals surface area contributed by atoms with Crippen molar-refractivity contribution >= 4 is 17.5 Å². The molecule has 1 aromatic rings. The molecule has 2 atom stereocenters. The van der Waals surface area contributed by atoms with Crippen molar-refractivity contribution in [1.82, 2.24) is 4.90 Å². The molecule has 3 heteroatoms. The van der Waals surface area contributed by atoms with Gasteiger partial charge in [0.25, 0.3) is 0 Å². The van der Waals surface area contributed by atoms with E-state index in [1.165, 1.54) is 0 Å². The van der Waals surface area contributed by atoms with E-state index in [2.05, 4.69) is 32.9 Å². The van der Waals surface area contributed by atoms with Gasteiger partial charge >= 0.3 is 0 Å². The molecule has 1 aliphatic rings. The second-order valence-electron chi connectivity index (χ2n) is 5.79. The lowest BCUT2D eigenvalue weighted by molar-refractivity contribution is -0.133. The van der Waals surface area contributed by atoms with E-state index in [9.17, 15) is 4.79 Å². The molecular formula is C16H22ClNO. The van der Waals surface area contributed by atoms with Gasteiger partial charge in [0.2, 0.25) is 5.91 Å². The Morgan fingerprint density at radius 3 is 2.53 bits per heavy atom. The molecule has 1 fully saturated rings. The van der Waals surface area contributed by atoms with Gasteiger partial charge in [0.1, 0.15) is 0 Å². The molecule has 0 bridgehead atoms. The van der Waals surface area contributed by atoms with E-state index in [0.29, 0.717) is 11.8 Å². The van der Waals surface area contributed by atoms with Crippen LogP contribution in [0.4, 0.5) is 0 Å². The van der Waals surface area contributed by atoms with Crippen molar-refractivity contribution in [3.63, 3.8) is 0 Å². The molecule has 0 aromatic heterocycles. The van der Waals surface area contributed by atoms with E-state index in [1.54, 1.807) is 0 Å². The van der Waals surface area contributed by atoms with Crippen molar-refractivity contribution in [3.05, 3.63) is 35.9 Å². The zero-order valence-electron chi connectivity index (χ0n) is 11.9. The zero-order valence-corrected chi connectivity index (χ0v) is 12.7. The summed E-state index contributed by atoms with van der Waals surface area (Å²) < 4.78 is 0. The quantitative estimate of drug-likeness (QED) is 0.773. The van der Waals surface area contributed by atoms with Gasteiger partial charge in [-0.3, -0.25) is 4.79 Å². The predicted molar refractivity (Wildman–Crippen MR) is 79.5 cm³/mol. The minimum absolute atomic E-state index is 0.240. The van der Waals surface area contributed by atoms with Crippen LogP contribution in [0, 0.1) is 5.92 Å². The minimum atomic E-state index is -0.430. The summed E-state index contributed by atoms with van der Waals surface area (Å²) in [6, 6.07) is 10.4. The number of carbonyl (C=O) groups is 1. The molecule has 0 radical (unpaired) electrons. The highest BCUT2D eigenvalue weighted by Gasteiger charge is 2.51. The molecule has 0 spiro atoms. The average molecular weight is 280 g/mol. The molecule has 2 nitrogen and oxygen atoms in total. The van der Waals surface area contributed by atoms with E-state index >= 15 is 0 Å². The Morgan fingerprint density at radius 1 is 1.37 bits per heavy atom. The normalized spacial score (nSPS) is 27.3. The first kappa shape index (κ1) is 14.4. The highest BCUT2D eigenvalue weighted by atomic mass is 35.5. The smallest absolute Gasteiger partial charge is 0.233 e. The molecule has 0 N–H and O–H groups in total. The molecule has 1 amide bonds. The van der Waals surface area contributed by atoms with Crippen molar-refractivity contribution in [2.75, 3.05) is 12.4 Å². The lowest BCUT2D eigenvalue weighted by Gasteiger charge is -2.29. The molecule has 1 heterocycles. The molecule has 0 saturated carbocycles. The van der Waals surface area contributed by atoms with Crippen LogP contribution in [0.25, 0.3) is 0 Å². The van der Waals surface area contributed by atoms with E-state index in [0.717, 1.165) is 18.5 Å². The number of benzene rings is 1. The van der Waals surface area contributed by atoms with Gasteiger partial charge in [-0.15, -0.1) is 11.6 Å². The second-order valence-corrected chi connectivity index (χ2v) is 6.17. The van der Waals surface area contributed by atoms with Gasteiger partial charge in [-0.2, -0.15) is 0 Å². The van der Waals surface area contributed by atoms with Crippen molar-refractivity contribution in [2.45, 2.75) is 38.6 Å². The van der Waals surface area contributed by atoms with E-state index in [1.807, 2.05) is 23.1 Å². The van der Waals surface area contributed by atoms with Crippen LogP contribution in [0.1, 0.15) is 32.8 Å². The van der Waals surface area contributed by atoms with Crippen LogP contribution in [0.2, 0.25) is 0 Å². The minimum Gasteiger partial charge on any atom is -0.339 e. The molecule has 19 heavy (non-hydrogen) atoms. The van der Waals surface area contributed by atoms with Gasteiger partial charge in [0.15, 0.2) is 0 Å². The van der Waals surface area contributed by atoms with Crippen molar-refractivity contribution in [2.24, 2.45) is 5.92 Å². The van der Waals surface area contributed by atoms with Crippen LogP contribution in [-0.2, 0) is 10.2 Å². The highest BCUT2D eigenvalue weighted by Crippen LogP contribution is 2.42. The third-order valence-electron chi connectivity index (χ3n) is 4.39. The first-order valence-electron chi connectivity index (χ1n) is 6.94. The largest absolute Gasteiger partial charge is 0.339 e. The molecule has 0 aliphatic carbocycles. The molecule has 1 aliphatic heterocycles. The highest BCUT2D eigenvalue weighted by molar-refractivity contribution is 6.17. The summed E-state index contributed by atoms with van der Waals surface area (Å²) in [4.78, 5) is 14.8. The average Bonchev–Trinajstić information content (AvgIpc) is 2.66. The summed E-state index contributed by atoms with van der Waals surface area (Å²) in [5.41, 5.74) is 0.679. The third kappa shape index (κ3) is 2.38. The first-order chi connectivity index (χ1) is 9.01. The number of rotatable bonds is 4. The van der Waals surface area contributed by atoms with Crippen LogP contribution in [0.15, 0.2) is 30.3 Å². The van der Waals surface area contributed by atoms with E-state index < -0.39 is 5.41 Å². The van der Waals surface area contributed by atoms with E-state index in [4.69, 9.17) is 11.6 Å². The molecule has 104 valence electrons. The number of halogens is 1. The molecular weight excluding hydrogens is 258 g/mol. The van der Waals surface area contributed by atoms with Crippen molar-refractivity contribution < 1.29 is 4.79 Å². The maximum Gasteiger partial charge on any atom is 0.233 e. The molecule has 0 unspecified atom stereocenters. The topological polar surface area (TPSA) is 20.3 Å². The Balaban J connectivity index is 2.42. The first-order valence-corrected chi connectivity index (χ1v) is 7.47. The Bertz CT molecular complexity index is 445. The summed E-state index contributed by atoms with van der Waals surface area (Å²) >= 11 is 5.94. The fraction of sp³-hybridized carbons (Fsp3) is 0.562. The number of likely N-dealkylation sites (tertiary alicyclic amines) is 1. The summed E-state index contributed by atoms with van der Waals surface area (Å²) in [6.45, 7) is 7.04. The van der Waals surface area contributed by atoms with Crippen molar-refractivity contribution in [1.29, 1.82) is 0 Å². The SMILES string of the molecule is CC(C)N1C[C@H](CCCl)[C@@](C)(c2ccccc2)C1=O. The van der Waals surface area contributed by atoms with Crippen LogP contribution in [-0.4, -0.2) is 29.3 Å². The standard InChI is InChI=1S/C16H22ClNO/c1-12(2)18-11-14(9-10-17)16(3,15(18)19)13-7-5-4-6-8-13/h4-8,12,14H,9-11H2,1-3H3/t14-,16+/m0/s1. The monoisotopic (exact) mass is 279 g/mol. The van der Waals surface area contributed by atoms with Gasteiger partial charge in [0, 0.05) is 18.5 Å². The van der Waals surface area contributed by atoms with E-state index in [-0.39, 0.29) is 11.9 Å². The van der Waals surface area contributed by atoms with Gasteiger partial charge in [-0.1, -0.05) is 30.3 Å².